The van der Waals surface area contributed by atoms with E-state index in [9.17, 15) is 9.59 Å². The number of carbonyl (C=O) groups excluding carboxylic acids is 1. The highest BCUT2D eigenvalue weighted by molar-refractivity contribution is 5.83. The summed E-state index contributed by atoms with van der Waals surface area (Å²) in [6.07, 6.45) is 9.47. The molecule has 0 aromatic carbocycles. The summed E-state index contributed by atoms with van der Waals surface area (Å²) in [6, 6.07) is 0. The summed E-state index contributed by atoms with van der Waals surface area (Å²) in [5.74, 6) is -0.740. The van der Waals surface area contributed by atoms with E-state index in [-0.39, 0.29) is 24.0 Å². The van der Waals surface area contributed by atoms with Gasteiger partial charge in [-0.2, -0.15) is 0 Å². The Labute approximate surface area is 103 Å². The monoisotopic (exact) mass is 238 g/mol. The Hall–Kier alpha value is -1.12. The van der Waals surface area contributed by atoms with E-state index in [1.807, 2.05) is 12.2 Å². The number of aliphatic carboxylic acids is 1. The normalized spacial score (nSPS) is 26.1. The number of Topliss-reactive ketones (excluding diaryl/α,β-unsaturated/α-hetero) is 1. The van der Waals surface area contributed by atoms with Crippen molar-refractivity contribution in [3.63, 3.8) is 0 Å². The Morgan fingerprint density at radius 3 is 2.88 bits per heavy atom. The largest absolute Gasteiger partial charge is 0.481 e. The van der Waals surface area contributed by atoms with E-state index in [4.69, 9.17) is 5.11 Å². The fraction of sp³-hybridized carbons (Fsp3) is 0.714. The number of ketones is 1. The molecule has 3 nitrogen and oxygen atoms in total. The Morgan fingerprint density at radius 2 is 2.24 bits per heavy atom. The van der Waals surface area contributed by atoms with Crippen LogP contribution >= 0.6 is 0 Å². The number of carboxylic acid groups (broad SMARTS) is 1. The van der Waals surface area contributed by atoms with Crippen molar-refractivity contribution in [2.45, 2.75) is 51.9 Å². The van der Waals surface area contributed by atoms with Crippen molar-refractivity contribution in [1.29, 1.82) is 0 Å². The molecule has 0 amide bonds. The van der Waals surface area contributed by atoms with E-state index < -0.39 is 5.97 Å². The Bertz CT molecular complexity index is 294. The molecule has 3 heteroatoms. The maximum absolute atomic E-state index is 12.0. The van der Waals surface area contributed by atoms with E-state index >= 15 is 0 Å². The molecule has 1 aliphatic carbocycles. The molecule has 96 valence electrons. The van der Waals surface area contributed by atoms with Gasteiger partial charge in [0.1, 0.15) is 5.78 Å². The van der Waals surface area contributed by atoms with Crippen LogP contribution in [-0.2, 0) is 9.59 Å². The number of unbranched alkanes of at least 4 members (excludes halogenated alkanes) is 1. The zero-order chi connectivity index (χ0) is 12.7. The van der Waals surface area contributed by atoms with Crippen molar-refractivity contribution in [2.24, 2.45) is 11.8 Å². The number of allylic oxidation sites excluding steroid dienone is 2. The first kappa shape index (κ1) is 13.9. The maximum Gasteiger partial charge on any atom is 0.303 e. The second-order valence-electron chi connectivity index (χ2n) is 4.81. The lowest BCUT2D eigenvalue weighted by molar-refractivity contribution is -0.138. The quantitative estimate of drug-likeness (QED) is 0.591. The highest BCUT2D eigenvalue weighted by atomic mass is 16.4. The van der Waals surface area contributed by atoms with E-state index in [0.717, 1.165) is 32.1 Å². The highest BCUT2D eigenvalue weighted by Crippen LogP contribution is 2.30. The van der Waals surface area contributed by atoms with Gasteiger partial charge in [0.25, 0.3) is 0 Å². The van der Waals surface area contributed by atoms with Crippen molar-refractivity contribution in [3.8, 4) is 0 Å². The van der Waals surface area contributed by atoms with Gasteiger partial charge in [0.15, 0.2) is 0 Å². The zero-order valence-corrected chi connectivity index (χ0v) is 10.5. The van der Waals surface area contributed by atoms with Crippen LogP contribution < -0.4 is 0 Å². The third-order valence-electron chi connectivity index (χ3n) is 3.36. The first-order chi connectivity index (χ1) is 8.15. The Balaban J connectivity index is 2.72. The van der Waals surface area contributed by atoms with Gasteiger partial charge in [-0.15, -0.1) is 0 Å². The van der Waals surface area contributed by atoms with E-state index in [1.165, 1.54) is 0 Å². The molecule has 0 aromatic rings. The van der Waals surface area contributed by atoms with Gasteiger partial charge in [-0.25, -0.2) is 0 Å². The van der Waals surface area contributed by atoms with Crippen LogP contribution in [0.4, 0.5) is 0 Å². The topological polar surface area (TPSA) is 54.4 Å². The SMILES string of the molecule is CCCC=CC1C(=O)CCCCC1CC(=O)O. The Kier molecular flexibility index (Phi) is 5.95. The predicted molar refractivity (Wildman–Crippen MR) is 66.8 cm³/mol. The van der Waals surface area contributed by atoms with Gasteiger partial charge >= 0.3 is 5.97 Å². The van der Waals surface area contributed by atoms with Crippen LogP contribution in [0.15, 0.2) is 12.2 Å². The summed E-state index contributed by atoms with van der Waals surface area (Å²) in [6.45, 7) is 2.09. The summed E-state index contributed by atoms with van der Waals surface area (Å²) >= 11 is 0. The molecule has 2 atom stereocenters. The molecule has 0 saturated heterocycles. The van der Waals surface area contributed by atoms with Gasteiger partial charge in [0.2, 0.25) is 0 Å². The van der Waals surface area contributed by atoms with Crippen LogP contribution in [0, 0.1) is 11.8 Å². The summed E-state index contributed by atoms with van der Waals surface area (Å²) in [7, 11) is 0. The van der Waals surface area contributed by atoms with Gasteiger partial charge in [-0.3, -0.25) is 9.59 Å². The van der Waals surface area contributed by atoms with Crippen molar-refractivity contribution >= 4 is 11.8 Å². The molecule has 17 heavy (non-hydrogen) atoms. The molecule has 0 radical (unpaired) electrons. The minimum absolute atomic E-state index is 0.00407. The van der Waals surface area contributed by atoms with Gasteiger partial charge < -0.3 is 5.11 Å². The van der Waals surface area contributed by atoms with Crippen LogP contribution in [0.2, 0.25) is 0 Å². The highest BCUT2D eigenvalue weighted by Gasteiger charge is 2.29. The average Bonchev–Trinajstić information content (AvgIpc) is 2.43. The third-order valence-corrected chi connectivity index (χ3v) is 3.36. The molecule has 1 saturated carbocycles. The molecule has 0 aromatic heterocycles. The lowest BCUT2D eigenvalue weighted by Crippen LogP contribution is -2.22. The molecule has 0 bridgehead atoms. The number of hydrogen-bond donors (Lipinski definition) is 1. The average molecular weight is 238 g/mol. The molecule has 0 aliphatic heterocycles. The lowest BCUT2D eigenvalue weighted by atomic mass is 9.84. The fourth-order valence-corrected chi connectivity index (χ4v) is 2.44. The molecule has 0 spiro atoms. The van der Waals surface area contributed by atoms with E-state index in [0.29, 0.717) is 6.42 Å². The van der Waals surface area contributed by atoms with Gasteiger partial charge in [-0.05, 0) is 25.2 Å². The van der Waals surface area contributed by atoms with Crippen LogP contribution in [-0.4, -0.2) is 16.9 Å². The summed E-state index contributed by atoms with van der Waals surface area (Å²) in [5, 5.41) is 8.90. The van der Waals surface area contributed by atoms with Gasteiger partial charge in [0.05, 0.1) is 0 Å². The van der Waals surface area contributed by atoms with Crippen molar-refractivity contribution in [1.82, 2.24) is 0 Å². The Morgan fingerprint density at radius 1 is 1.47 bits per heavy atom. The van der Waals surface area contributed by atoms with E-state index in [1.54, 1.807) is 0 Å². The standard InChI is InChI=1S/C14H22O3/c1-2-3-4-8-12-11(10-14(16)17)7-5-6-9-13(12)15/h4,8,11-12H,2-3,5-7,9-10H2,1H3,(H,16,17). The fourth-order valence-electron chi connectivity index (χ4n) is 2.44. The van der Waals surface area contributed by atoms with E-state index in [2.05, 4.69) is 6.92 Å². The van der Waals surface area contributed by atoms with Crippen LogP contribution in [0.25, 0.3) is 0 Å². The number of carboxylic acids is 1. The first-order valence-electron chi connectivity index (χ1n) is 6.56. The number of rotatable bonds is 5. The van der Waals surface area contributed by atoms with Crippen LogP contribution in [0.5, 0.6) is 0 Å². The first-order valence-corrected chi connectivity index (χ1v) is 6.56. The summed E-state index contributed by atoms with van der Waals surface area (Å²) in [4.78, 5) is 22.8. The summed E-state index contributed by atoms with van der Waals surface area (Å²) in [5.41, 5.74) is 0. The molecule has 1 fully saturated rings. The van der Waals surface area contributed by atoms with Crippen LogP contribution in [0.1, 0.15) is 51.9 Å². The predicted octanol–water partition coefficient (Wildman–Crippen LogP) is 3.19. The lowest BCUT2D eigenvalue weighted by Gasteiger charge is -2.19. The number of hydrogen-bond acceptors (Lipinski definition) is 2. The minimum atomic E-state index is -0.793. The van der Waals surface area contributed by atoms with Crippen molar-refractivity contribution < 1.29 is 14.7 Å². The molecule has 1 N–H and O–H groups in total. The molecule has 0 heterocycles. The minimum Gasteiger partial charge on any atom is -0.481 e. The maximum atomic E-state index is 12.0. The van der Waals surface area contributed by atoms with Gasteiger partial charge in [0, 0.05) is 18.8 Å². The molecular weight excluding hydrogens is 216 g/mol. The number of carbonyl (C=O) groups is 2. The summed E-state index contributed by atoms with van der Waals surface area (Å²) < 4.78 is 0. The molecule has 1 aliphatic rings. The molecule has 1 rings (SSSR count). The zero-order valence-electron chi connectivity index (χ0n) is 10.5. The van der Waals surface area contributed by atoms with Gasteiger partial charge in [-0.1, -0.05) is 31.9 Å². The van der Waals surface area contributed by atoms with Crippen LogP contribution in [0.3, 0.4) is 0 Å². The smallest absolute Gasteiger partial charge is 0.303 e. The third kappa shape index (κ3) is 4.72. The second-order valence-corrected chi connectivity index (χ2v) is 4.81. The molecule has 2 unspecified atom stereocenters. The second kappa shape index (κ2) is 7.25. The molecular formula is C14H22O3. The van der Waals surface area contributed by atoms with Crippen molar-refractivity contribution in [3.05, 3.63) is 12.2 Å². The van der Waals surface area contributed by atoms with Crippen molar-refractivity contribution in [2.75, 3.05) is 0 Å².